The van der Waals surface area contributed by atoms with Gasteiger partial charge in [-0.2, -0.15) is 0 Å². The molecule has 2 heteroatoms. The van der Waals surface area contributed by atoms with E-state index in [2.05, 4.69) is 43.6 Å². The minimum absolute atomic E-state index is 0.382. The van der Waals surface area contributed by atoms with Crippen molar-refractivity contribution in [3.63, 3.8) is 0 Å². The van der Waals surface area contributed by atoms with Gasteiger partial charge in [0, 0.05) is 4.88 Å². The highest BCUT2D eigenvalue weighted by molar-refractivity contribution is 7.09. The van der Waals surface area contributed by atoms with Gasteiger partial charge in [-0.15, -0.1) is 11.3 Å². The predicted octanol–water partition coefficient (Wildman–Crippen LogP) is 3.17. The summed E-state index contributed by atoms with van der Waals surface area (Å²) in [5.41, 5.74) is 0.382. The number of hydrogen-bond donors (Lipinski definition) is 1. The summed E-state index contributed by atoms with van der Waals surface area (Å²) in [6.07, 6.45) is 1.20. The molecule has 0 aliphatic heterocycles. The van der Waals surface area contributed by atoms with Crippen LogP contribution in [0.5, 0.6) is 0 Å². The second kappa shape index (κ2) is 4.94. The highest BCUT2D eigenvalue weighted by atomic mass is 32.1. The van der Waals surface area contributed by atoms with Gasteiger partial charge >= 0.3 is 0 Å². The molecule has 0 aliphatic carbocycles. The average molecular weight is 211 g/mol. The maximum absolute atomic E-state index is 3.29. The minimum atomic E-state index is 0.382. The Morgan fingerprint density at radius 2 is 2.14 bits per heavy atom. The molecule has 1 N–H and O–H groups in total. The van der Waals surface area contributed by atoms with Gasteiger partial charge in [-0.25, -0.2) is 0 Å². The Bertz CT molecular complexity index is 246. The van der Waals surface area contributed by atoms with Gasteiger partial charge in [0.25, 0.3) is 0 Å². The normalized spacial score (nSPS) is 14.3. The zero-order valence-electron chi connectivity index (χ0n) is 9.63. The van der Waals surface area contributed by atoms with Crippen molar-refractivity contribution in [3.05, 3.63) is 22.4 Å². The first-order chi connectivity index (χ1) is 6.54. The van der Waals surface area contributed by atoms with Gasteiger partial charge in [0.05, 0.1) is 0 Å². The van der Waals surface area contributed by atoms with Crippen LogP contribution in [0.25, 0.3) is 0 Å². The largest absolute Gasteiger partial charge is 0.319 e. The van der Waals surface area contributed by atoms with Crippen LogP contribution in [-0.4, -0.2) is 13.6 Å². The Morgan fingerprint density at radius 1 is 1.43 bits per heavy atom. The molecule has 0 saturated heterocycles. The van der Waals surface area contributed by atoms with E-state index in [1.807, 2.05) is 18.4 Å². The number of hydrogen-bond acceptors (Lipinski definition) is 2. The van der Waals surface area contributed by atoms with Crippen molar-refractivity contribution >= 4 is 11.3 Å². The summed E-state index contributed by atoms with van der Waals surface area (Å²) in [6, 6.07) is 4.37. The second-order valence-corrected chi connectivity index (χ2v) is 5.94. The first-order valence-electron chi connectivity index (χ1n) is 5.21. The molecule has 0 radical (unpaired) electrons. The van der Waals surface area contributed by atoms with Crippen LogP contribution in [0.1, 0.15) is 25.6 Å². The lowest BCUT2D eigenvalue weighted by Crippen LogP contribution is -2.31. The van der Waals surface area contributed by atoms with E-state index in [0.29, 0.717) is 11.3 Å². The van der Waals surface area contributed by atoms with E-state index in [9.17, 15) is 0 Å². The maximum Gasteiger partial charge on any atom is 0.00486 e. The highest BCUT2D eigenvalue weighted by Crippen LogP contribution is 2.29. The van der Waals surface area contributed by atoms with Crippen molar-refractivity contribution in [2.75, 3.05) is 13.6 Å². The number of thiophene rings is 1. The smallest absolute Gasteiger partial charge is 0.00486 e. The van der Waals surface area contributed by atoms with Crippen molar-refractivity contribution in [2.45, 2.75) is 27.2 Å². The molecule has 80 valence electrons. The monoisotopic (exact) mass is 211 g/mol. The Balaban J connectivity index is 2.60. The van der Waals surface area contributed by atoms with Crippen molar-refractivity contribution in [1.82, 2.24) is 5.32 Å². The minimum Gasteiger partial charge on any atom is -0.319 e. The standard InChI is InChI=1S/C12H21NS/c1-12(2,3)10(9-13-4)8-11-6-5-7-14-11/h5-7,10,13H,8-9H2,1-4H3. The molecule has 1 atom stereocenters. The molecule has 1 aromatic heterocycles. The third-order valence-corrected chi connectivity index (χ3v) is 3.60. The SMILES string of the molecule is CNCC(Cc1cccs1)C(C)(C)C. The zero-order chi connectivity index (χ0) is 10.6. The van der Waals surface area contributed by atoms with E-state index in [1.54, 1.807) is 0 Å². The summed E-state index contributed by atoms with van der Waals surface area (Å²) in [4.78, 5) is 1.50. The molecule has 1 heterocycles. The molecule has 1 rings (SSSR count). The summed E-state index contributed by atoms with van der Waals surface area (Å²) in [5, 5.41) is 5.45. The lowest BCUT2D eigenvalue weighted by atomic mass is 9.78. The Labute approximate surface area is 91.5 Å². The highest BCUT2D eigenvalue weighted by Gasteiger charge is 2.24. The molecular formula is C12H21NS. The summed E-state index contributed by atoms with van der Waals surface area (Å²) in [5.74, 6) is 0.714. The van der Waals surface area contributed by atoms with E-state index in [4.69, 9.17) is 0 Å². The van der Waals surface area contributed by atoms with Crippen LogP contribution in [0, 0.1) is 11.3 Å². The van der Waals surface area contributed by atoms with Crippen LogP contribution >= 0.6 is 11.3 Å². The van der Waals surface area contributed by atoms with Gasteiger partial charge in [0.15, 0.2) is 0 Å². The fraction of sp³-hybridized carbons (Fsp3) is 0.667. The van der Waals surface area contributed by atoms with Gasteiger partial charge < -0.3 is 5.32 Å². The van der Waals surface area contributed by atoms with E-state index in [1.165, 1.54) is 11.3 Å². The van der Waals surface area contributed by atoms with Crippen LogP contribution < -0.4 is 5.32 Å². The van der Waals surface area contributed by atoms with Crippen LogP contribution in [0.15, 0.2) is 17.5 Å². The van der Waals surface area contributed by atoms with Gasteiger partial charge in [-0.05, 0) is 42.8 Å². The fourth-order valence-corrected chi connectivity index (χ4v) is 2.39. The first kappa shape index (κ1) is 11.7. The second-order valence-electron chi connectivity index (χ2n) is 4.90. The maximum atomic E-state index is 3.29. The lowest BCUT2D eigenvalue weighted by Gasteiger charge is -2.30. The van der Waals surface area contributed by atoms with Gasteiger partial charge in [-0.1, -0.05) is 26.8 Å². The third-order valence-electron chi connectivity index (χ3n) is 2.70. The molecule has 1 aromatic rings. The average Bonchev–Trinajstić information content (AvgIpc) is 2.54. The number of rotatable bonds is 4. The zero-order valence-corrected chi connectivity index (χ0v) is 10.4. The van der Waals surface area contributed by atoms with Gasteiger partial charge in [-0.3, -0.25) is 0 Å². The first-order valence-corrected chi connectivity index (χ1v) is 6.09. The van der Waals surface area contributed by atoms with Crippen molar-refractivity contribution in [3.8, 4) is 0 Å². The molecule has 0 amide bonds. The summed E-state index contributed by atoms with van der Waals surface area (Å²) in [7, 11) is 2.03. The van der Waals surface area contributed by atoms with E-state index >= 15 is 0 Å². The van der Waals surface area contributed by atoms with Crippen molar-refractivity contribution in [1.29, 1.82) is 0 Å². The summed E-state index contributed by atoms with van der Waals surface area (Å²) >= 11 is 1.87. The fourth-order valence-electron chi connectivity index (χ4n) is 1.60. The van der Waals surface area contributed by atoms with Crippen molar-refractivity contribution < 1.29 is 0 Å². The summed E-state index contributed by atoms with van der Waals surface area (Å²) in [6.45, 7) is 8.06. The van der Waals surface area contributed by atoms with E-state index in [0.717, 1.165) is 6.54 Å². The third kappa shape index (κ3) is 3.43. The Kier molecular flexibility index (Phi) is 4.14. The predicted molar refractivity (Wildman–Crippen MR) is 64.9 cm³/mol. The van der Waals surface area contributed by atoms with Crippen LogP contribution in [0.3, 0.4) is 0 Å². The van der Waals surface area contributed by atoms with Crippen LogP contribution in [0.2, 0.25) is 0 Å². The lowest BCUT2D eigenvalue weighted by molar-refractivity contribution is 0.236. The molecule has 0 spiro atoms. The quantitative estimate of drug-likeness (QED) is 0.806. The molecule has 0 fully saturated rings. The Hall–Kier alpha value is -0.340. The van der Waals surface area contributed by atoms with Gasteiger partial charge in [0.2, 0.25) is 0 Å². The van der Waals surface area contributed by atoms with Gasteiger partial charge in [0.1, 0.15) is 0 Å². The van der Waals surface area contributed by atoms with Crippen molar-refractivity contribution in [2.24, 2.45) is 11.3 Å². The van der Waals surface area contributed by atoms with Crippen LogP contribution in [-0.2, 0) is 6.42 Å². The Morgan fingerprint density at radius 3 is 2.57 bits per heavy atom. The molecule has 1 nitrogen and oxygen atoms in total. The van der Waals surface area contributed by atoms with Crippen LogP contribution in [0.4, 0.5) is 0 Å². The van der Waals surface area contributed by atoms with E-state index < -0.39 is 0 Å². The molecule has 0 saturated carbocycles. The molecular weight excluding hydrogens is 190 g/mol. The molecule has 0 aliphatic rings. The van der Waals surface area contributed by atoms with E-state index in [-0.39, 0.29) is 0 Å². The molecule has 0 bridgehead atoms. The number of nitrogens with one attached hydrogen (secondary N) is 1. The molecule has 0 aromatic carbocycles. The molecule has 1 unspecified atom stereocenters. The topological polar surface area (TPSA) is 12.0 Å². The summed E-state index contributed by atoms with van der Waals surface area (Å²) < 4.78 is 0. The molecule has 14 heavy (non-hydrogen) atoms.